The highest BCUT2D eigenvalue weighted by Gasteiger charge is 2.39. The van der Waals surface area contributed by atoms with Crippen LogP contribution in [0, 0.1) is 11.8 Å². The molecule has 5 heterocycles. The minimum Gasteiger partial charge on any atom is -0.497 e. The second-order valence-electron chi connectivity index (χ2n) is 20.2. The van der Waals surface area contributed by atoms with E-state index >= 15 is 0 Å². The van der Waals surface area contributed by atoms with E-state index in [0.29, 0.717) is 85.6 Å². The zero-order valence-electron chi connectivity index (χ0n) is 44.3. The largest absolute Gasteiger partial charge is 0.497 e. The Bertz CT molecular complexity index is 2640. The number of ether oxygens (including phenoxy) is 6. The highest BCUT2D eigenvalue weighted by molar-refractivity contribution is 8.13. The van der Waals surface area contributed by atoms with Crippen LogP contribution in [0.4, 0.5) is 9.59 Å². The van der Waals surface area contributed by atoms with Crippen molar-refractivity contribution in [2.75, 3.05) is 85.3 Å². The SMILES string of the molecule is COC(=O)c1c(-c2ccc(OC)cc2)nc(C(CCO)C2CCN(C(=O)OC(C)(C)C)CC2)n1N.COC(=O)c1c(-c2ccc(OC)cc2)nc2n1NCCC2C1CCN(C(=O)OC(C)(C)C)CC1.CS(=O)(=O)Cl. The molecule has 2 aromatic carbocycles. The lowest BCUT2D eigenvalue weighted by atomic mass is 9.81. The molecule has 3 aliphatic heterocycles. The van der Waals surface area contributed by atoms with E-state index in [1.165, 1.54) is 18.9 Å². The third kappa shape index (κ3) is 15.6. The van der Waals surface area contributed by atoms with Crippen molar-refractivity contribution < 1.29 is 61.1 Å². The summed E-state index contributed by atoms with van der Waals surface area (Å²) < 4.78 is 53.5. The molecule has 0 aliphatic carbocycles. The Balaban J connectivity index is 0.000000251. The van der Waals surface area contributed by atoms with Crippen LogP contribution >= 0.6 is 10.7 Å². The summed E-state index contributed by atoms with van der Waals surface area (Å²) in [5.74, 6) is 8.58. The molecule has 4 aromatic rings. The van der Waals surface area contributed by atoms with Gasteiger partial charge in [0.1, 0.15) is 45.7 Å². The van der Waals surface area contributed by atoms with Gasteiger partial charge in [-0.25, -0.2) is 46.9 Å². The summed E-state index contributed by atoms with van der Waals surface area (Å²) >= 11 is 0. The molecule has 23 heteroatoms. The summed E-state index contributed by atoms with van der Waals surface area (Å²) in [6.07, 6.45) is 4.80. The topological polar surface area (TPSA) is 258 Å². The summed E-state index contributed by atoms with van der Waals surface area (Å²) in [6, 6.07) is 14.7. The predicted molar refractivity (Wildman–Crippen MR) is 279 cm³/mol. The van der Waals surface area contributed by atoms with E-state index in [4.69, 9.17) is 44.2 Å². The average molecular weight is 1070 g/mol. The van der Waals surface area contributed by atoms with Gasteiger partial charge in [0.05, 0.1) is 34.7 Å². The van der Waals surface area contributed by atoms with E-state index in [0.717, 1.165) is 49.2 Å². The highest BCUT2D eigenvalue weighted by Crippen LogP contribution is 2.40. The lowest BCUT2D eigenvalue weighted by molar-refractivity contribution is 0.0159. The first kappa shape index (κ1) is 58.6. The number of amides is 2. The highest BCUT2D eigenvalue weighted by atomic mass is 35.7. The van der Waals surface area contributed by atoms with E-state index < -0.39 is 32.2 Å². The number of esters is 2. The van der Waals surface area contributed by atoms with Crippen LogP contribution in [-0.4, -0.2) is 152 Å². The van der Waals surface area contributed by atoms with Gasteiger partial charge in [0.25, 0.3) is 0 Å². The number of nitrogens with zero attached hydrogens (tertiary/aromatic N) is 6. The number of hydrogen-bond acceptors (Lipinski definition) is 17. The molecule has 0 radical (unpaired) electrons. The predicted octanol–water partition coefficient (Wildman–Crippen LogP) is 7.38. The fourth-order valence-corrected chi connectivity index (χ4v) is 9.28. The molecule has 7 rings (SSSR count). The maximum atomic E-state index is 12.8. The van der Waals surface area contributed by atoms with Crippen LogP contribution in [0.3, 0.4) is 0 Å². The van der Waals surface area contributed by atoms with Crippen molar-refractivity contribution in [2.45, 2.75) is 103 Å². The molecule has 21 nitrogen and oxygen atoms in total. The Kier molecular flexibility index (Phi) is 20.1. The zero-order valence-corrected chi connectivity index (χ0v) is 45.9. The monoisotopic (exact) mass is 1070 g/mol. The van der Waals surface area contributed by atoms with Gasteiger partial charge in [0, 0.05) is 73.0 Å². The molecule has 2 atom stereocenters. The first-order valence-corrected chi connectivity index (χ1v) is 27.2. The van der Waals surface area contributed by atoms with Gasteiger partial charge in [-0.15, -0.1) is 0 Å². The molecule has 2 saturated heterocycles. The number of carbonyl (C=O) groups is 4. The minimum absolute atomic E-state index is 0.0603. The van der Waals surface area contributed by atoms with Crippen molar-refractivity contribution in [1.82, 2.24) is 29.1 Å². The second kappa shape index (κ2) is 25.3. The van der Waals surface area contributed by atoms with Gasteiger partial charge < -0.3 is 54.6 Å². The van der Waals surface area contributed by atoms with E-state index in [2.05, 4.69) is 16.1 Å². The normalized spacial score (nSPS) is 16.7. The van der Waals surface area contributed by atoms with Crippen molar-refractivity contribution >= 4 is 43.9 Å². The molecular formula is C51H73ClN8O13S. The molecule has 3 aliphatic rings. The molecule has 0 bridgehead atoms. The standard InChI is InChI=1S/C25H36N4O6.C25H34N4O5.CH3ClO2S/c1-25(2,3)35-24(32)28-13-10-16(11-14-28)19(12-15-30)22-27-20(21(29(22)26)23(31)34-5)17-6-8-18(33-4)9-7-17;1-25(2,3)34-24(31)28-14-11-16(12-15-28)19-10-13-26-29-21(23(30)33-5)20(27-22(19)29)17-6-8-18(32-4)9-7-17;1-5(2,3)4/h6-9,16,19,30H,10-15,26H2,1-5H3;6-9,16,19,26H,10-15H2,1-5H3;1H3. The molecule has 408 valence electrons. The number of nitrogen functional groups attached to an aromatic ring is 1. The van der Waals surface area contributed by atoms with Gasteiger partial charge in [-0.05, 0) is 140 Å². The van der Waals surface area contributed by atoms with Crippen molar-refractivity contribution in [2.24, 2.45) is 11.8 Å². The first-order chi connectivity index (χ1) is 34.8. The fourth-order valence-electron chi connectivity index (χ4n) is 9.28. The second-order valence-corrected chi connectivity index (χ2v) is 23.2. The number of carbonyl (C=O) groups excluding carboxylic acids is 4. The Hall–Kier alpha value is -6.26. The Morgan fingerprint density at radius 2 is 1.16 bits per heavy atom. The van der Waals surface area contributed by atoms with Crippen molar-refractivity contribution in [3.63, 3.8) is 0 Å². The fraction of sp³-hybridized carbons (Fsp3) is 0.569. The van der Waals surface area contributed by atoms with Crippen molar-refractivity contribution in [1.29, 1.82) is 0 Å². The smallest absolute Gasteiger partial charge is 0.410 e. The number of halogens is 1. The summed E-state index contributed by atoms with van der Waals surface area (Å²) in [4.78, 5) is 63.6. The van der Waals surface area contributed by atoms with E-state index in [1.54, 1.807) is 53.0 Å². The number of likely N-dealkylation sites (tertiary alicyclic amines) is 2. The molecule has 2 fully saturated rings. The van der Waals surface area contributed by atoms with Crippen LogP contribution in [0.5, 0.6) is 11.5 Å². The number of nitrogens with one attached hydrogen (secondary N) is 1. The Labute approximate surface area is 438 Å². The average Bonchev–Trinajstić information content (AvgIpc) is 3.92. The number of fused-ring (bicyclic) bond motifs is 1. The maximum Gasteiger partial charge on any atom is 0.410 e. The van der Waals surface area contributed by atoms with Gasteiger partial charge in [0.15, 0.2) is 11.4 Å². The number of imidazole rings is 2. The Morgan fingerprint density at radius 1 is 0.730 bits per heavy atom. The molecular weight excluding hydrogens is 1000 g/mol. The lowest BCUT2D eigenvalue weighted by Gasteiger charge is -2.38. The number of aromatic nitrogens is 4. The van der Waals surface area contributed by atoms with Gasteiger partial charge >= 0.3 is 24.1 Å². The summed E-state index contributed by atoms with van der Waals surface area (Å²) in [7, 11) is 7.18. The van der Waals surface area contributed by atoms with Crippen LogP contribution in [-0.2, 0) is 28.0 Å². The Morgan fingerprint density at radius 3 is 1.58 bits per heavy atom. The van der Waals surface area contributed by atoms with Gasteiger partial charge in [-0.1, -0.05) is 0 Å². The number of aliphatic hydroxyl groups excluding tert-OH is 1. The van der Waals surface area contributed by atoms with Crippen LogP contribution < -0.4 is 20.7 Å². The van der Waals surface area contributed by atoms with Crippen molar-refractivity contribution in [3.8, 4) is 34.0 Å². The van der Waals surface area contributed by atoms with E-state index in [9.17, 15) is 32.7 Å². The molecule has 0 saturated carbocycles. The third-order valence-corrected chi connectivity index (χ3v) is 12.7. The summed E-state index contributed by atoms with van der Waals surface area (Å²) in [5, 5.41) is 9.83. The number of methoxy groups -OCH3 is 4. The summed E-state index contributed by atoms with van der Waals surface area (Å²) in [6.45, 7) is 14.2. The number of hydrogen-bond donors (Lipinski definition) is 3. The van der Waals surface area contributed by atoms with Crippen LogP contribution in [0.25, 0.3) is 22.5 Å². The molecule has 0 spiro atoms. The van der Waals surface area contributed by atoms with Gasteiger partial charge in [-0.3, -0.25) is 0 Å². The molecule has 2 aromatic heterocycles. The molecule has 74 heavy (non-hydrogen) atoms. The van der Waals surface area contributed by atoms with E-state index in [1.807, 2.05) is 65.8 Å². The minimum atomic E-state index is -3.19. The number of rotatable bonds is 11. The van der Waals surface area contributed by atoms with Crippen molar-refractivity contribution in [3.05, 3.63) is 71.6 Å². The summed E-state index contributed by atoms with van der Waals surface area (Å²) in [5.41, 5.74) is 5.32. The van der Waals surface area contributed by atoms with Crippen LogP contribution in [0.1, 0.15) is 125 Å². The number of aliphatic hydroxyl groups is 1. The van der Waals surface area contributed by atoms with Gasteiger partial charge in [0.2, 0.25) is 9.05 Å². The van der Waals surface area contributed by atoms with Crippen LogP contribution in [0.2, 0.25) is 0 Å². The molecule has 2 amide bonds. The number of benzene rings is 2. The van der Waals surface area contributed by atoms with Crippen LogP contribution in [0.15, 0.2) is 48.5 Å². The number of piperidine rings is 2. The molecule has 2 unspecified atom stereocenters. The zero-order chi connectivity index (χ0) is 54.7. The third-order valence-electron chi connectivity index (χ3n) is 12.7. The van der Waals surface area contributed by atoms with Gasteiger partial charge in [-0.2, -0.15) is 0 Å². The van der Waals surface area contributed by atoms with E-state index in [-0.39, 0.29) is 42.2 Å². The quantitative estimate of drug-likeness (QED) is 0.0573. The lowest BCUT2D eigenvalue weighted by Crippen LogP contribution is -2.43. The first-order valence-electron chi connectivity index (χ1n) is 24.5. The molecule has 4 N–H and O–H groups in total. The maximum absolute atomic E-state index is 12.8. The number of nitrogens with two attached hydrogens (primary N) is 1.